The van der Waals surface area contributed by atoms with Crippen LogP contribution in [0.2, 0.25) is 0 Å². The molecule has 2 rings (SSSR count). The van der Waals surface area contributed by atoms with Crippen molar-refractivity contribution in [2.75, 3.05) is 19.7 Å². The maximum Gasteiger partial charge on any atom is 0.238 e. The van der Waals surface area contributed by atoms with Crippen LogP contribution >= 0.6 is 0 Å². The number of hydrogen-bond donors (Lipinski definition) is 1. The van der Waals surface area contributed by atoms with E-state index in [4.69, 9.17) is 5.11 Å². The predicted molar refractivity (Wildman–Crippen MR) is 47.8 cm³/mol. The zero-order valence-corrected chi connectivity index (χ0v) is 7.78. The van der Waals surface area contributed by atoms with Gasteiger partial charge < -0.3 is 5.11 Å². The fourth-order valence-electron chi connectivity index (χ4n) is 1.83. The Bertz CT molecular complexity index is 204. The fraction of sp³-hybridized carbons (Fsp3) is 0.889. The number of hydrazine groups is 1. The van der Waals surface area contributed by atoms with Crippen molar-refractivity contribution < 1.29 is 9.90 Å². The first kappa shape index (κ1) is 8.97. The molecule has 1 aliphatic carbocycles. The average Bonchev–Trinajstić information content (AvgIpc) is 2.89. The van der Waals surface area contributed by atoms with Crippen LogP contribution in [0.4, 0.5) is 0 Å². The first-order valence-electron chi connectivity index (χ1n) is 5.00. The summed E-state index contributed by atoms with van der Waals surface area (Å²) in [5, 5.41) is 12.7. The molecule has 1 N–H and O–H groups in total. The van der Waals surface area contributed by atoms with Gasteiger partial charge in [0.25, 0.3) is 0 Å². The second-order valence-corrected chi connectivity index (χ2v) is 3.74. The largest absolute Gasteiger partial charge is 0.396 e. The van der Waals surface area contributed by atoms with E-state index in [1.807, 2.05) is 5.01 Å². The zero-order valence-electron chi connectivity index (χ0n) is 7.78. The normalized spacial score (nSPS) is 24.4. The highest BCUT2D eigenvalue weighted by molar-refractivity contribution is 5.77. The van der Waals surface area contributed by atoms with Crippen molar-refractivity contribution >= 4 is 5.91 Å². The van der Waals surface area contributed by atoms with Crippen LogP contribution in [0.5, 0.6) is 0 Å². The Morgan fingerprint density at radius 1 is 1.46 bits per heavy atom. The summed E-state index contributed by atoms with van der Waals surface area (Å²) in [6.45, 7) is 1.74. The Balaban J connectivity index is 1.90. The van der Waals surface area contributed by atoms with Gasteiger partial charge in [-0.25, -0.2) is 5.01 Å². The molecule has 1 aliphatic heterocycles. The number of rotatable bonds is 4. The van der Waals surface area contributed by atoms with E-state index < -0.39 is 0 Å². The Morgan fingerprint density at radius 3 is 2.85 bits per heavy atom. The van der Waals surface area contributed by atoms with Crippen molar-refractivity contribution in [1.82, 2.24) is 10.0 Å². The van der Waals surface area contributed by atoms with Gasteiger partial charge in [0.1, 0.15) is 0 Å². The van der Waals surface area contributed by atoms with Crippen molar-refractivity contribution in [1.29, 1.82) is 0 Å². The molecule has 4 nitrogen and oxygen atoms in total. The molecular formula is C9H16N2O2. The summed E-state index contributed by atoms with van der Waals surface area (Å²) in [5.74, 6) is 0.223. The fourth-order valence-corrected chi connectivity index (χ4v) is 1.83. The number of amides is 1. The molecule has 0 aromatic carbocycles. The second kappa shape index (κ2) is 3.64. The summed E-state index contributed by atoms with van der Waals surface area (Å²) in [7, 11) is 0. The van der Waals surface area contributed by atoms with E-state index in [1.165, 1.54) is 12.8 Å². The standard InChI is InChI=1S/C9H16N2O2/c12-7-1-5-11-9(13)4-6-10(11)8-2-3-8/h8,12H,1-7H2. The highest BCUT2D eigenvalue weighted by Gasteiger charge is 2.38. The van der Waals surface area contributed by atoms with Crippen molar-refractivity contribution in [3.8, 4) is 0 Å². The van der Waals surface area contributed by atoms with Crippen LogP contribution in [0.15, 0.2) is 0 Å². The lowest BCUT2D eigenvalue weighted by Gasteiger charge is -2.27. The number of aliphatic hydroxyl groups is 1. The summed E-state index contributed by atoms with van der Waals surface area (Å²) in [4.78, 5) is 11.4. The molecule has 74 valence electrons. The Kier molecular flexibility index (Phi) is 2.51. The highest BCUT2D eigenvalue weighted by atomic mass is 16.3. The Hall–Kier alpha value is -0.610. The summed E-state index contributed by atoms with van der Waals surface area (Å²) < 4.78 is 0. The molecule has 13 heavy (non-hydrogen) atoms. The number of aliphatic hydroxyl groups excluding tert-OH is 1. The molecule has 1 amide bonds. The maximum atomic E-state index is 11.4. The molecule has 0 atom stereocenters. The molecule has 2 fully saturated rings. The van der Waals surface area contributed by atoms with Crippen LogP contribution in [0.3, 0.4) is 0 Å². The molecule has 0 bridgehead atoms. The molecule has 0 aromatic heterocycles. The van der Waals surface area contributed by atoms with Crippen LogP contribution in [0.25, 0.3) is 0 Å². The highest BCUT2D eigenvalue weighted by Crippen LogP contribution is 2.31. The van der Waals surface area contributed by atoms with Gasteiger partial charge in [-0.05, 0) is 19.3 Å². The number of carbonyl (C=O) groups excluding carboxylic acids is 1. The minimum atomic E-state index is 0.169. The Morgan fingerprint density at radius 2 is 2.23 bits per heavy atom. The lowest BCUT2D eigenvalue weighted by atomic mass is 10.4. The van der Waals surface area contributed by atoms with Crippen LogP contribution in [0.1, 0.15) is 25.7 Å². The summed E-state index contributed by atoms with van der Waals surface area (Å²) in [6.07, 6.45) is 3.79. The van der Waals surface area contributed by atoms with Crippen LogP contribution in [0, 0.1) is 0 Å². The van der Waals surface area contributed by atoms with Crippen LogP contribution in [-0.2, 0) is 4.79 Å². The van der Waals surface area contributed by atoms with Gasteiger partial charge >= 0.3 is 0 Å². The van der Waals surface area contributed by atoms with Gasteiger partial charge in [-0.15, -0.1) is 0 Å². The molecule has 1 saturated carbocycles. The molecular weight excluding hydrogens is 168 g/mol. The predicted octanol–water partition coefficient (Wildman–Crippen LogP) is -0.0195. The van der Waals surface area contributed by atoms with E-state index in [2.05, 4.69) is 5.01 Å². The lowest BCUT2D eigenvalue weighted by molar-refractivity contribution is -0.138. The van der Waals surface area contributed by atoms with E-state index in [1.54, 1.807) is 0 Å². The molecule has 4 heteroatoms. The molecule has 0 aromatic rings. The van der Waals surface area contributed by atoms with E-state index in [0.717, 1.165) is 6.54 Å². The van der Waals surface area contributed by atoms with Gasteiger partial charge in [0.05, 0.1) is 0 Å². The number of nitrogens with zero attached hydrogens (tertiary/aromatic N) is 2. The van der Waals surface area contributed by atoms with Crippen molar-refractivity contribution in [2.24, 2.45) is 0 Å². The SMILES string of the molecule is O=C1CCN(C2CC2)N1CCCO. The van der Waals surface area contributed by atoms with Gasteiger partial charge in [0.2, 0.25) is 5.91 Å². The van der Waals surface area contributed by atoms with E-state index in [-0.39, 0.29) is 12.5 Å². The van der Waals surface area contributed by atoms with Gasteiger partial charge in [0.15, 0.2) is 0 Å². The third kappa shape index (κ3) is 1.84. The van der Waals surface area contributed by atoms with Gasteiger partial charge in [0, 0.05) is 32.2 Å². The summed E-state index contributed by atoms with van der Waals surface area (Å²) in [5.41, 5.74) is 0. The van der Waals surface area contributed by atoms with E-state index in [0.29, 0.717) is 25.4 Å². The number of hydrogen-bond acceptors (Lipinski definition) is 3. The zero-order chi connectivity index (χ0) is 9.26. The van der Waals surface area contributed by atoms with Gasteiger partial charge in [-0.3, -0.25) is 9.80 Å². The average molecular weight is 184 g/mol. The smallest absolute Gasteiger partial charge is 0.238 e. The van der Waals surface area contributed by atoms with Crippen molar-refractivity contribution in [3.05, 3.63) is 0 Å². The first-order chi connectivity index (χ1) is 6.33. The molecule has 0 radical (unpaired) electrons. The molecule has 2 aliphatic rings. The minimum Gasteiger partial charge on any atom is -0.396 e. The molecule has 0 unspecified atom stereocenters. The summed E-state index contributed by atoms with van der Waals surface area (Å²) in [6, 6.07) is 0.616. The maximum absolute atomic E-state index is 11.4. The summed E-state index contributed by atoms with van der Waals surface area (Å²) >= 11 is 0. The van der Waals surface area contributed by atoms with E-state index >= 15 is 0 Å². The lowest BCUT2D eigenvalue weighted by Crippen LogP contribution is -2.41. The van der Waals surface area contributed by atoms with Crippen LogP contribution in [-0.4, -0.2) is 46.8 Å². The third-order valence-corrected chi connectivity index (χ3v) is 2.65. The van der Waals surface area contributed by atoms with Gasteiger partial charge in [-0.2, -0.15) is 0 Å². The van der Waals surface area contributed by atoms with E-state index in [9.17, 15) is 4.79 Å². The van der Waals surface area contributed by atoms with Crippen LogP contribution < -0.4 is 0 Å². The number of carbonyl (C=O) groups is 1. The topological polar surface area (TPSA) is 43.8 Å². The van der Waals surface area contributed by atoms with Crippen molar-refractivity contribution in [2.45, 2.75) is 31.7 Å². The Labute approximate surface area is 78.1 Å². The second-order valence-electron chi connectivity index (χ2n) is 3.74. The quantitative estimate of drug-likeness (QED) is 0.668. The molecule has 1 heterocycles. The minimum absolute atomic E-state index is 0.169. The first-order valence-corrected chi connectivity index (χ1v) is 5.00. The molecule has 0 spiro atoms. The third-order valence-electron chi connectivity index (χ3n) is 2.65. The van der Waals surface area contributed by atoms with Crippen molar-refractivity contribution in [3.63, 3.8) is 0 Å². The van der Waals surface area contributed by atoms with Gasteiger partial charge in [-0.1, -0.05) is 0 Å². The molecule has 1 saturated heterocycles. The monoisotopic (exact) mass is 184 g/mol.